The van der Waals surface area contributed by atoms with Gasteiger partial charge in [0, 0.05) is 25.4 Å². The minimum atomic E-state index is -0.239. The first kappa shape index (κ1) is 16.5. The van der Waals surface area contributed by atoms with Crippen molar-refractivity contribution in [1.82, 2.24) is 4.90 Å². The lowest BCUT2D eigenvalue weighted by atomic mass is 9.96. The number of nitrogens with zero attached hydrogens (tertiary/aromatic N) is 1. The number of piperidine rings is 1. The molecule has 0 atom stereocenters. The van der Waals surface area contributed by atoms with E-state index in [-0.39, 0.29) is 17.7 Å². The zero-order valence-corrected chi connectivity index (χ0v) is 13.5. The quantitative estimate of drug-likeness (QED) is 0.908. The van der Waals surface area contributed by atoms with Gasteiger partial charge in [-0.3, -0.25) is 9.59 Å². The highest BCUT2D eigenvalue weighted by Gasteiger charge is 2.25. The van der Waals surface area contributed by atoms with Crippen LogP contribution in [0.1, 0.15) is 50.2 Å². The molecule has 0 aliphatic carbocycles. The Balaban J connectivity index is 1.79. The van der Waals surface area contributed by atoms with Crippen LogP contribution in [-0.2, 0) is 16.0 Å². The molecule has 120 valence electrons. The molecule has 1 saturated heterocycles. The molecule has 0 radical (unpaired) electrons. The molecule has 1 aromatic rings. The third kappa shape index (κ3) is 4.33. The predicted octanol–water partition coefficient (Wildman–Crippen LogP) is 2.47. The first-order chi connectivity index (χ1) is 10.5. The Bertz CT molecular complexity index is 514. The van der Waals surface area contributed by atoms with E-state index in [1.165, 1.54) is 11.1 Å². The number of primary amides is 1. The molecule has 1 aliphatic rings. The molecular weight excluding hydrogens is 276 g/mol. The number of carbonyl (C=O) groups is 2. The monoisotopic (exact) mass is 302 g/mol. The normalized spacial score (nSPS) is 16.0. The van der Waals surface area contributed by atoms with E-state index in [1.807, 2.05) is 4.90 Å². The Morgan fingerprint density at radius 2 is 1.77 bits per heavy atom. The number of aryl methyl sites for hydroxylation is 1. The van der Waals surface area contributed by atoms with Crippen molar-refractivity contribution in [3.8, 4) is 0 Å². The SMILES string of the molecule is CC(C)c1ccc(CCC(=O)N2CCC(C(N)=O)CC2)cc1. The molecular formula is C18H26N2O2. The average Bonchev–Trinajstić information content (AvgIpc) is 2.53. The van der Waals surface area contributed by atoms with Gasteiger partial charge in [-0.05, 0) is 36.3 Å². The summed E-state index contributed by atoms with van der Waals surface area (Å²) in [6, 6.07) is 8.51. The van der Waals surface area contributed by atoms with Gasteiger partial charge < -0.3 is 10.6 Å². The fourth-order valence-electron chi connectivity index (χ4n) is 2.89. The van der Waals surface area contributed by atoms with Crippen LogP contribution in [-0.4, -0.2) is 29.8 Å². The van der Waals surface area contributed by atoms with Crippen molar-refractivity contribution in [3.05, 3.63) is 35.4 Å². The molecule has 0 spiro atoms. The first-order valence-corrected chi connectivity index (χ1v) is 8.13. The lowest BCUT2D eigenvalue weighted by Crippen LogP contribution is -2.41. The van der Waals surface area contributed by atoms with Crippen molar-refractivity contribution >= 4 is 11.8 Å². The summed E-state index contributed by atoms with van der Waals surface area (Å²) in [4.78, 5) is 25.2. The van der Waals surface area contributed by atoms with Crippen LogP contribution in [0.3, 0.4) is 0 Å². The summed E-state index contributed by atoms with van der Waals surface area (Å²) in [5.74, 6) is 0.406. The molecule has 2 amide bonds. The van der Waals surface area contributed by atoms with Crippen LogP contribution in [0.4, 0.5) is 0 Å². The van der Waals surface area contributed by atoms with Crippen LogP contribution in [0.15, 0.2) is 24.3 Å². The molecule has 1 aliphatic heterocycles. The topological polar surface area (TPSA) is 63.4 Å². The minimum Gasteiger partial charge on any atom is -0.369 e. The maximum Gasteiger partial charge on any atom is 0.222 e. The molecule has 0 bridgehead atoms. The van der Waals surface area contributed by atoms with Crippen molar-refractivity contribution in [2.75, 3.05) is 13.1 Å². The number of rotatable bonds is 5. The standard InChI is InChI=1S/C18H26N2O2/c1-13(2)15-6-3-14(4-7-15)5-8-17(21)20-11-9-16(10-12-20)18(19)22/h3-4,6-7,13,16H,5,8-12H2,1-2H3,(H2,19,22). The molecule has 0 saturated carbocycles. The summed E-state index contributed by atoms with van der Waals surface area (Å²) < 4.78 is 0. The van der Waals surface area contributed by atoms with Crippen molar-refractivity contribution in [3.63, 3.8) is 0 Å². The summed E-state index contributed by atoms with van der Waals surface area (Å²) in [6.07, 6.45) is 2.70. The molecule has 1 aromatic carbocycles. The van der Waals surface area contributed by atoms with Gasteiger partial charge in [-0.2, -0.15) is 0 Å². The van der Waals surface area contributed by atoms with E-state index in [1.54, 1.807) is 0 Å². The van der Waals surface area contributed by atoms with E-state index >= 15 is 0 Å². The Hall–Kier alpha value is -1.84. The van der Waals surface area contributed by atoms with Crippen LogP contribution >= 0.6 is 0 Å². The number of amides is 2. The highest BCUT2D eigenvalue weighted by atomic mass is 16.2. The van der Waals surface area contributed by atoms with Gasteiger partial charge in [-0.25, -0.2) is 0 Å². The number of hydrogen-bond acceptors (Lipinski definition) is 2. The fourth-order valence-corrected chi connectivity index (χ4v) is 2.89. The maximum absolute atomic E-state index is 12.2. The van der Waals surface area contributed by atoms with Crippen LogP contribution in [0.2, 0.25) is 0 Å². The fraction of sp³-hybridized carbons (Fsp3) is 0.556. The van der Waals surface area contributed by atoms with Gasteiger partial charge >= 0.3 is 0 Å². The summed E-state index contributed by atoms with van der Waals surface area (Å²) in [5.41, 5.74) is 7.84. The Labute approximate surface area is 132 Å². The van der Waals surface area contributed by atoms with Gasteiger partial charge in [0.25, 0.3) is 0 Å². The van der Waals surface area contributed by atoms with Gasteiger partial charge in [0.2, 0.25) is 11.8 Å². The van der Waals surface area contributed by atoms with Crippen molar-refractivity contribution in [1.29, 1.82) is 0 Å². The van der Waals surface area contributed by atoms with Crippen LogP contribution in [0, 0.1) is 5.92 Å². The molecule has 2 rings (SSSR count). The minimum absolute atomic E-state index is 0.0624. The number of likely N-dealkylation sites (tertiary alicyclic amines) is 1. The number of hydrogen-bond donors (Lipinski definition) is 1. The van der Waals surface area contributed by atoms with Gasteiger partial charge in [0.05, 0.1) is 0 Å². The second-order valence-electron chi connectivity index (χ2n) is 6.45. The largest absolute Gasteiger partial charge is 0.369 e. The number of nitrogens with two attached hydrogens (primary N) is 1. The van der Waals surface area contributed by atoms with E-state index in [0.29, 0.717) is 38.3 Å². The molecule has 22 heavy (non-hydrogen) atoms. The van der Waals surface area contributed by atoms with Crippen molar-refractivity contribution in [2.24, 2.45) is 11.7 Å². The molecule has 4 nitrogen and oxygen atoms in total. The smallest absolute Gasteiger partial charge is 0.222 e. The highest BCUT2D eigenvalue weighted by molar-refractivity contribution is 5.79. The van der Waals surface area contributed by atoms with Gasteiger partial charge in [0.15, 0.2) is 0 Å². The van der Waals surface area contributed by atoms with Gasteiger partial charge in [-0.1, -0.05) is 38.1 Å². The van der Waals surface area contributed by atoms with Crippen molar-refractivity contribution < 1.29 is 9.59 Å². The molecule has 2 N–H and O–H groups in total. The second kappa shape index (κ2) is 7.43. The summed E-state index contributed by atoms with van der Waals surface area (Å²) >= 11 is 0. The van der Waals surface area contributed by atoms with Crippen molar-refractivity contribution in [2.45, 2.75) is 45.4 Å². The maximum atomic E-state index is 12.2. The van der Waals surface area contributed by atoms with E-state index in [4.69, 9.17) is 5.73 Å². The zero-order valence-electron chi connectivity index (χ0n) is 13.5. The number of benzene rings is 1. The second-order valence-corrected chi connectivity index (χ2v) is 6.45. The first-order valence-electron chi connectivity index (χ1n) is 8.13. The molecule has 0 unspecified atom stereocenters. The zero-order chi connectivity index (χ0) is 16.1. The summed E-state index contributed by atoms with van der Waals surface area (Å²) in [6.45, 7) is 5.65. The Kier molecular flexibility index (Phi) is 5.58. The molecule has 4 heteroatoms. The predicted molar refractivity (Wildman–Crippen MR) is 87.4 cm³/mol. The molecule has 1 fully saturated rings. The molecule has 1 heterocycles. The van der Waals surface area contributed by atoms with E-state index in [2.05, 4.69) is 38.1 Å². The lowest BCUT2D eigenvalue weighted by molar-refractivity contribution is -0.134. The highest BCUT2D eigenvalue weighted by Crippen LogP contribution is 2.19. The van der Waals surface area contributed by atoms with Gasteiger partial charge in [0.1, 0.15) is 0 Å². The van der Waals surface area contributed by atoms with E-state index in [9.17, 15) is 9.59 Å². The lowest BCUT2D eigenvalue weighted by Gasteiger charge is -2.30. The van der Waals surface area contributed by atoms with Gasteiger partial charge in [-0.15, -0.1) is 0 Å². The Morgan fingerprint density at radius 1 is 1.18 bits per heavy atom. The third-order valence-corrected chi connectivity index (χ3v) is 4.52. The van der Waals surface area contributed by atoms with E-state index in [0.717, 1.165) is 6.42 Å². The Morgan fingerprint density at radius 3 is 2.27 bits per heavy atom. The van der Waals surface area contributed by atoms with Crippen LogP contribution in [0.5, 0.6) is 0 Å². The average molecular weight is 302 g/mol. The third-order valence-electron chi connectivity index (χ3n) is 4.52. The number of carbonyl (C=O) groups excluding carboxylic acids is 2. The summed E-state index contributed by atoms with van der Waals surface area (Å²) in [7, 11) is 0. The van der Waals surface area contributed by atoms with E-state index < -0.39 is 0 Å². The summed E-state index contributed by atoms with van der Waals surface area (Å²) in [5, 5.41) is 0. The van der Waals surface area contributed by atoms with Crippen LogP contribution in [0.25, 0.3) is 0 Å². The van der Waals surface area contributed by atoms with Crippen LogP contribution < -0.4 is 5.73 Å². The molecule has 0 aromatic heterocycles.